The van der Waals surface area contributed by atoms with E-state index in [1.54, 1.807) is 17.1 Å². The predicted octanol–water partition coefficient (Wildman–Crippen LogP) is 0.768. The summed E-state index contributed by atoms with van der Waals surface area (Å²) >= 11 is 0. The minimum Gasteiger partial charge on any atom is -0.342 e. The van der Waals surface area contributed by atoms with Crippen LogP contribution in [0.2, 0.25) is 0 Å². The van der Waals surface area contributed by atoms with Crippen molar-refractivity contribution in [2.24, 2.45) is 0 Å². The van der Waals surface area contributed by atoms with Gasteiger partial charge in [-0.2, -0.15) is 0 Å². The first kappa shape index (κ1) is 18.5. The van der Waals surface area contributed by atoms with Gasteiger partial charge < -0.3 is 10.6 Å². The highest BCUT2D eigenvalue weighted by Crippen LogP contribution is 2.15. The summed E-state index contributed by atoms with van der Waals surface area (Å²) < 4.78 is 1.74. The van der Waals surface area contributed by atoms with Gasteiger partial charge in [-0.05, 0) is 31.0 Å². The Hall–Kier alpha value is -2.32. The SMILES string of the molecule is CCC(NC(=O)c1cn(CCN2CCNCC2)nn1)c1cc(C)ccn1. The van der Waals surface area contributed by atoms with Crippen molar-refractivity contribution in [3.63, 3.8) is 0 Å². The van der Waals surface area contributed by atoms with E-state index in [-0.39, 0.29) is 11.9 Å². The highest BCUT2D eigenvalue weighted by atomic mass is 16.2. The number of aryl methyl sites for hydroxylation is 1. The Morgan fingerprint density at radius 1 is 1.35 bits per heavy atom. The summed E-state index contributed by atoms with van der Waals surface area (Å²) in [4.78, 5) is 19.3. The molecule has 1 saturated heterocycles. The smallest absolute Gasteiger partial charge is 0.273 e. The Kier molecular flexibility index (Phi) is 6.30. The van der Waals surface area contributed by atoms with E-state index in [2.05, 4.69) is 30.8 Å². The highest BCUT2D eigenvalue weighted by molar-refractivity contribution is 5.92. The van der Waals surface area contributed by atoms with Gasteiger partial charge in [0.15, 0.2) is 5.69 Å². The van der Waals surface area contributed by atoms with Crippen LogP contribution in [0.25, 0.3) is 0 Å². The molecule has 140 valence electrons. The molecule has 3 rings (SSSR count). The van der Waals surface area contributed by atoms with Crippen LogP contribution in [0, 0.1) is 6.92 Å². The minimum atomic E-state index is -0.214. The number of piperazine rings is 1. The molecule has 0 bridgehead atoms. The molecule has 1 fully saturated rings. The molecule has 1 aliphatic rings. The molecule has 2 aromatic heterocycles. The molecular formula is C18H27N7O. The molecule has 8 heteroatoms. The maximum Gasteiger partial charge on any atom is 0.273 e. The third kappa shape index (κ3) is 4.86. The van der Waals surface area contributed by atoms with Gasteiger partial charge in [-0.15, -0.1) is 5.10 Å². The highest BCUT2D eigenvalue weighted by Gasteiger charge is 2.18. The summed E-state index contributed by atoms with van der Waals surface area (Å²) in [5.74, 6) is -0.214. The Labute approximate surface area is 154 Å². The van der Waals surface area contributed by atoms with Crippen LogP contribution in [-0.4, -0.2) is 63.5 Å². The van der Waals surface area contributed by atoms with Gasteiger partial charge in [0, 0.05) is 38.9 Å². The van der Waals surface area contributed by atoms with Crippen molar-refractivity contribution in [1.82, 2.24) is 35.5 Å². The van der Waals surface area contributed by atoms with Gasteiger partial charge in [0.1, 0.15) is 0 Å². The fourth-order valence-corrected chi connectivity index (χ4v) is 3.06. The third-order valence-electron chi connectivity index (χ3n) is 4.63. The average molecular weight is 357 g/mol. The van der Waals surface area contributed by atoms with Crippen LogP contribution in [0.3, 0.4) is 0 Å². The molecule has 0 spiro atoms. The summed E-state index contributed by atoms with van der Waals surface area (Å²) in [6.07, 6.45) is 4.25. The number of hydrogen-bond donors (Lipinski definition) is 2. The van der Waals surface area contributed by atoms with E-state index in [0.717, 1.165) is 56.9 Å². The number of nitrogens with zero attached hydrogens (tertiary/aromatic N) is 5. The van der Waals surface area contributed by atoms with Crippen molar-refractivity contribution < 1.29 is 4.79 Å². The summed E-state index contributed by atoms with van der Waals surface area (Å²) in [5.41, 5.74) is 2.34. The molecule has 2 aromatic rings. The van der Waals surface area contributed by atoms with Gasteiger partial charge in [-0.3, -0.25) is 19.4 Å². The lowest BCUT2D eigenvalue weighted by Crippen LogP contribution is -2.44. The van der Waals surface area contributed by atoms with Crippen LogP contribution in [-0.2, 0) is 6.54 Å². The first-order chi connectivity index (χ1) is 12.7. The van der Waals surface area contributed by atoms with Crippen molar-refractivity contribution >= 4 is 5.91 Å². The lowest BCUT2D eigenvalue weighted by atomic mass is 10.1. The topological polar surface area (TPSA) is 88.0 Å². The molecule has 1 amide bonds. The zero-order valence-electron chi connectivity index (χ0n) is 15.5. The fraction of sp³-hybridized carbons (Fsp3) is 0.556. The quantitative estimate of drug-likeness (QED) is 0.761. The lowest BCUT2D eigenvalue weighted by Gasteiger charge is -2.26. The Balaban J connectivity index is 1.56. The lowest BCUT2D eigenvalue weighted by molar-refractivity contribution is 0.0929. The van der Waals surface area contributed by atoms with E-state index in [9.17, 15) is 4.79 Å². The number of rotatable bonds is 7. The molecule has 0 aromatic carbocycles. The number of pyridine rings is 1. The monoisotopic (exact) mass is 357 g/mol. The predicted molar refractivity (Wildman–Crippen MR) is 98.8 cm³/mol. The van der Waals surface area contributed by atoms with E-state index in [0.29, 0.717) is 5.69 Å². The van der Waals surface area contributed by atoms with Gasteiger partial charge in [0.05, 0.1) is 24.5 Å². The molecule has 0 radical (unpaired) electrons. The number of hydrogen-bond acceptors (Lipinski definition) is 6. The first-order valence-corrected chi connectivity index (χ1v) is 9.22. The van der Waals surface area contributed by atoms with Gasteiger partial charge in [-0.25, -0.2) is 0 Å². The molecule has 1 atom stereocenters. The summed E-state index contributed by atoms with van der Waals surface area (Å²) in [6, 6.07) is 3.81. The second-order valence-electron chi connectivity index (χ2n) is 6.65. The van der Waals surface area contributed by atoms with E-state index in [1.165, 1.54) is 0 Å². The first-order valence-electron chi connectivity index (χ1n) is 9.22. The van der Waals surface area contributed by atoms with E-state index in [1.807, 2.05) is 26.0 Å². The molecular weight excluding hydrogens is 330 g/mol. The maximum atomic E-state index is 12.5. The van der Waals surface area contributed by atoms with Gasteiger partial charge in [-0.1, -0.05) is 12.1 Å². The Morgan fingerprint density at radius 3 is 2.88 bits per heavy atom. The molecule has 26 heavy (non-hydrogen) atoms. The van der Waals surface area contributed by atoms with E-state index < -0.39 is 0 Å². The van der Waals surface area contributed by atoms with Gasteiger partial charge >= 0.3 is 0 Å². The number of carbonyl (C=O) groups is 1. The second-order valence-corrected chi connectivity index (χ2v) is 6.65. The number of carbonyl (C=O) groups excluding carboxylic acids is 1. The van der Waals surface area contributed by atoms with Crippen molar-refractivity contribution in [1.29, 1.82) is 0 Å². The van der Waals surface area contributed by atoms with Gasteiger partial charge in [0.2, 0.25) is 0 Å². The van der Waals surface area contributed by atoms with E-state index >= 15 is 0 Å². The number of amides is 1. The standard InChI is InChI=1S/C18H27N7O/c1-3-15(16-12-14(2)4-5-20-16)21-18(26)17-13-25(23-22-17)11-10-24-8-6-19-7-9-24/h4-5,12-13,15,19H,3,6-11H2,1-2H3,(H,21,26). The van der Waals surface area contributed by atoms with Crippen molar-refractivity contribution in [3.05, 3.63) is 41.5 Å². The van der Waals surface area contributed by atoms with Crippen molar-refractivity contribution in [2.45, 2.75) is 32.9 Å². The zero-order valence-corrected chi connectivity index (χ0v) is 15.5. The Morgan fingerprint density at radius 2 is 2.15 bits per heavy atom. The normalized spacial score (nSPS) is 16.4. The van der Waals surface area contributed by atoms with Crippen LogP contribution >= 0.6 is 0 Å². The summed E-state index contributed by atoms with van der Waals surface area (Å²) in [6.45, 7) is 9.83. The number of aromatic nitrogens is 4. The van der Waals surface area contributed by atoms with Crippen molar-refractivity contribution in [3.8, 4) is 0 Å². The second kappa shape index (κ2) is 8.86. The molecule has 2 N–H and O–H groups in total. The molecule has 1 unspecified atom stereocenters. The van der Waals surface area contributed by atoms with Crippen LogP contribution in [0.1, 0.15) is 41.1 Å². The van der Waals surface area contributed by atoms with Gasteiger partial charge in [0.25, 0.3) is 5.91 Å². The molecule has 3 heterocycles. The van der Waals surface area contributed by atoms with Crippen LogP contribution in [0.5, 0.6) is 0 Å². The minimum absolute atomic E-state index is 0.131. The largest absolute Gasteiger partial charge is 0.342 e. The van der Waals surface area contributed by atoms with E-state index in [4.69, 9.17) is 0 Å². The van der Waals surface area contributed by atoms with Crippen LogP contribution in [0.15, 0.2) is 24.5 Å². The molecule has 0 saturated carbocycles. The summed E-state index contributed by atoms with van der Waals surface area (Å²) in [7, 11) is 0. The average Bonchev–Trinajstić information content (AvgIpc) is 3.14. The van der Waals surface area contributed by atoms with Crippen molar-refractivity contribution in [2.75, 3.05) is 32.7 Å². The van der Waals surface area contributed by atoms with Crippen LogP contribution in [0.4, 0.5) is 0 Å². The third-order valence-corrected chi connectivity index (χ3v) is 4.63. The molecule has 0 aliphatic carbocycles. The molecule has 8 nitrogen and oxygen atoms in total. The number of nitrogens with one attached hydrogen (secondary N) is 2. The molecule has 1 aliphatic heterocycles. The fourth-order valence-electron chi connectivity index (χ4n) is 3.06. The summed E-state index contributed by atoms with van der Waals surface area (Å²) in [5, 5.41) is 14.5. The van der Waals surface area contributed by atoms with Crippen LogP contribution < -0.4 is 10.6 Å². The zero-order chi connectivity index (χ0) is 18.4. The maximum absolute atomic E-state index is 12.5. The Bertz CT molecular complexity index is 724.